The molecule has 0 heterocycles. The van der Waals surface area contributed by atoms with E-state index in [0.29, 0.717) is 19.3 Å². The average molecular weight is 1980 g/mol. The zero-order valence-corrected chi connectivity index (χ0v) is 89.1. The molecular formula is C112H202O27. The van der Waals surface area contributed by atoms with Crippen LogP contribution in [0.1, 0.15) is 518 Å². The third-order valence-corrected chi connectivity index (χ3v) is 24.0. The van der Waals surface area contributed by atoms with Gasteiger partial charge in [-0.3, -0.25) is 38.4 Å². The fraction of sp³-hybridized carbons (Fsp3) is 0.857. The van der Waals surface area contributed by atoms with Crippen LogP contribution in [0.25, 0.3) is 0 Å². The summed E-state index contributed by atoms with van der Waals surface area (Å²) in [5.41, 5.74) is -1.62. The normalized spacial score (nSPS) is 11.9. The van der Waals surface area contributed by atoms with Crippen molar-refractivity contribution >= 4 is 71.6 Å². The highest BCUT2D eigenvalue weighted by molar-refractivity contribution is 5.99. The number of unbranched alkanes of at least 4 members (excludes halogenated alkanes) is 60. The Morgan fingerprint density at radius 2 is 0.345 bits per heavy atom. The van der Waals surface area contributed by atoms with Gasteiger partial charge in [0.05, 0.1) is 19.8 Å². The molecule has 3 atom stereocenters. The topological polar surface area (TPSA) is 376 Å². The van der Waals surface area contributed by atoms with Gasteiger partial charge in [-0.25, -0.2) is 19.2 Å². The summed E-state index contributed by atoms with van der Waals surface area (Å²) in [4.78, 5) is 147. The highest BCUT2D eigenvalue weighted by atomic mass is 16.6. The zero-order chi connectivity index (χ0) is 103. The minimum atomic E-state index is -1.62. The number of hydrogen-bond donors (Lipinski definition) is 3. The quantitative estimate of drug-likeness (QED) is 0.0167. The molecule has 0 rings (SSSR count). The standard InChI is InChI=1S/C38H70O9.2C37H66O9/c1-5-7-9-11-13-15-17-19-21-23-25-27-34(40)45-31-33(32-46-37(43)38(3,4)36(42)44-30-29-39)47-35(41)28-26-24-22-20-18-16-14-12-10-8-6-2;2*1-3-5-7-9-11-13-15-17-19-21-23-25-34(39)44-31-33(32-45-36(41)28-27-35(40)43-30-29-38)46-37(42)26-24-22-20-18-16-14-12-10-8-6-4-2/h33,39H,5-32H2,1-4H3;2*27-28,33,38H,3-26,29-32H2,1-2H3/b;28-27+;28-27-. The molecule has 0 bridgehead atoms. The molecule has 812 valence electrons. The van der Waals surface area contributed by atoms with Gasteiger partial charge in [0.2, 0.25) is 0 Å². The van der Waals surface area contributed by atoms with Crippen LogP contribution in [-0.4, -0.2) is 185 Å². The molecule has 0 radical (unpaired) electrons. The molecule has 0 aromatic rings. The van der Waals surface area contributed by atoms with Gasteiger partial charge >= 0.3 is 71.6 Å². The summed E-state index contributed by atoms with van der Waals surface area (Å²) in [6.45, 7) is 12.8. The van der Waals surface area contributed by atoms with E-state index in [1.54, 1.807) is 0 Å². The summed E-state index contributed by atoms with van der Waals surface area (Å²) in [5, 5.41) is 26.3. The van der Waals surface area contributed by atoms with Crippen molar-refractivity contribution in [1.82, 2.24) is 0 Å². The summed E-state index contributed by atoms with van der Waals surface area (Å²) in [6, 6.07) is 0. The predicted octanol–water partition coefficient (Wildman–Crippen LogP) is 25.9. The molecule has 0 aliphatic rings. The highest BCUT2D eigenvalue weighted by Gasteiger charge is 2.40. The molecule has 0 amide bonds. The number of carbonyl (C=O) groups excluding carboxylic acids is 12. The minimum absolute atomic E-state index is 0.181. The Morgan fingerprint density at radius 3 is 0.540 bits per heavy atom. The van der Waals surface area contributed by atoms with Gasteiger partial charge in [0.1, 0.15) is 59.5 Å². The van der Waals surface area contributed by atoms with E-state index in [-0.39, 0.29) is 136 Å². The van der Waals surface area contributed by atoms with Crippen LogP contribution in [-0.2, 0) is 114 Å². The van der Waals surface area contributed by atoms with Crippen LogP contribution in [0.3, 0.4) is 0 Å². The van der Waals surface area contributed by atoms with Crippen LogP contribution in [0.5, 0.6) is 0 Å². The van der Waals surface area contributed by atoms with E-state index in [0.717, 1.165) is 140 Å². The van der Waals surface area contributed by atoms with Gasteiger partial charge in [0.25, 0.3) is 0 Å². The van der Waals surface area contributed by atoms with Crippen LogP contribution in [0.15, 0.2) is 24.3 Å². The lowest BCUT2D eigenvalue weighted by Crippen LogP contribution is -2.39. The molecule has 3 unspecified atom stereocenters. The molecular weight excluding hydrogens is 1780 g/mol. The molecule has 0 spiro atoms. The minimum Gasteiger partial charge on any atom is -0.462 e. The Hall–Kier alpha value is -7.00. The summed E-state index contributed by atoms with van der Waals surface area (Å²) >= 11 is 0. The molecule has 27 heteroatoms. The van der Waals surface area contributed by atoms with Gasteiger partial charge in [0.15, 0.2) is 23.7 Å². The van der Waals surface area contributed by atoms with Crippen molar-refractivity contribution in [3.63, 3.8) is 0 Å². The lowest BCUT2D eigenvalue weighted by molar-refractivity contribution is -0.177. The SMILES string of the molecule is CCCCCCCCCCCCCC(=O)OCC(COC(=O)/C=C/C(=O)OCCO)OC(=O)CCCCCCCCCCCCC.CCCCCCCCCCCCCC(=O)OCC(COC(=O)/C=C\C(=O)OCCO)OC(=O)CCCCCCCCCCCCC.CCCCCCCCCCCCCC(=O)OCC(COC(=O)C(C)(C)C(=O)OCCO)OC(=O)CCCCCCCCCCCCC. The number of aliphatic hydroxyl groups excluding tert-OH is 3. The van der Waals surface area contributed by atoms with Crippen molar-refractivity contribution in [3.05, 3.63) is 24.3 Å². The third-order valence-electron chi connectivity index (χ3n) is 24.0. The molecule has 139 heavy (non-hydrogen) atoms. The molecule has 0 aromatic carbocycles. The lowest BCUT2D eigenvalue weighted by atomic mass is 9.94. The van der Waals surface area contributed by atoms with Gasteiger partial charge < -0.3 is 72.2 Å². The van der Waals surface area contributed by atoms with Crippen LogP contribution in [0.2, 0.25) is 0 Å². The van der Waals surface area contributed by atoms with E-state index in [1.165, 1.54) is 303 Å². The van der Waals surface area contributed by atoms with Gasteiger partial charge in [-0.15, -0.1) is 0 Å². The predicted molar refractivity (Wildman–Crippen MR) is 548 cm³/mol. The first-order valence-electron chi connectivity index (χ1n) is 55.8. The van der Waals surface area contributed by atoms with Crippen LogP contribution in [0, 0.1) is 5.41 Å². The lowest BCUT2D eigenvalue weighted by Gasteiger charge is -2.23. The first-order chi connectivity index (χ1) is 67.5. The maximum atomic E-state index is 12.7. The molecule has 0 fully saturated rings. The second kappa shape index (κ2) is 107. The Labute approximate surface area is 842 Å². The van der Waals surface area contributed by atoms with E-state index in [2.05, 4.69) is 51.0 Å². The Balaban J connectivity index is -0.00000200. The number of carbonyl (C=O) groups is 12. The van der Waals surface area contributed by atoms with Crippen molar-refractivity contribution in [3.8, 4) is 0 Å². The van der Waals surface area contributed by atoms with Crippen LogP contribution < -0.4 is 0 Å². The number of ether oxygens (including phenoxy) is 12. The first-order valence-corrected chi connectivity index (χ1v) is 55.8. The molecule has 0 aliphatic heterocycles. The van der Waals surface area contributed by atoms with Gasteiger partial charge in [0, 0.05) is 62.8 Å². The summed E-state index contributed by atoms with van der Waals surface area (Å²) in [7, 11) is 0. The molecule has 0 saturated heterocycles. The smallest absolute Gasteiger partial charge is 0.331 e. The first kappa shape index (κ1) is 136. The van der Waals surface area contributed by atoms with Crippen molar-refractivity contribution in [2.45, 2.75) is 536 Å². The van der Waals surface area contributed by atoms with Crippen molar-refractivity contribution in [2.24, 2.45) is 5.41 Å². The number of aliphatic hydroxyl groups is 3. The molecule has 0 aromatic heterocycles. The zero-order valence-electron chi connectivity index (χ0n) is 89.1. The maximum absolute atomic E-state index is 12.7. The monoisotopic (exact) mass is 1980 g/mol. The van der Waals surface area contributed by atoms with Crippen molar-refractivity contribution in [2.75, 3.05) is 79.3 Å². The number of rotatable bonds is 99. The van der Waals surface area contributed by atoms with Gasteiger partial charge in [-0.1, -0.05) is 427 Å². The molecule has 0 saturated carbocycles. The van der Waals surface area contributed by atoms with E-state index in [4.69, 9.17) is 62.7 Å². The molecule has 3 N–H and O–H groups in total. The largest absolute Gasteiger partial charge is 0.462 e. The summed E-state index contributed by atoms with van der Waals surface area (Å²) in [5.74, 6) is -7.38. The van der Waals surface area contributed by atoms with E-state index in [9.17, 15) is 57.5 Å². The summed E-state index contributed by atoms with van der Waals surface area (Å²) in [6.07, 6.45) is 80.1. The second-order valence-corrected chi connectivity index (χ2v) is 37.9. The fourth-order valence-electron chi connectivity index (χ4n) is 15.3. The molecule has 27 nitrogen and oxygen atoms in total. The van der Waals surface area contributed by atoms with Crippen LogP contribution >= 0.6 is 0 Å². The molecule has 0 aliphatic carbocycles. The van der Waals surface area contributed by atoms with Crippen molar-refractivity contribution in [1.29, 1.82) is 0 Å². The van der Waals surface area contributed by atoms with Gasteiger partial charge in [-0.2, -0.15) is 0 Å². The number of hydrogen-bond acceptors (Lipinski definition) is 27. The third kappa shape index (κ3) is 101. The fourth-order valence-corrected chi connectivity index (χ4v) is 15.3. The number of esters is 12. The van der Waals surface area contributed by atoms with Crippen molar-refractivity contribution < 1.29 is 130 Å². The van der Waals surface area contributed by atoms with E-state index < -0.39 is 77.5 Å². The average Bonchev–Trinajstić information content (AvgIpc) is 0.845. The van der Waals surface area contributed by atoms with E-state index in [1.807, 2.05) is 0 Å². The highest BCUT2D eigenvalue weighted by Crippen LogP contribution is 2.24. The Morgan fingerprint density at radius 1 is 0.194 bits per heavy atom. The van der Waals surface area contributed by atoms with Gasteiger partial charge in [-0.05, 0) is 52.4 Å². The Kier molecular flexibility index (Phi) is 105. The summed E-state index contributed by atoms with van der Waals surface area (Å²) < 4.78 is 62.4. The van der Waals surface area contributed by atoms with E-state index >= 15 is 0 Å². The van der Waals surface area contributed by atoms with Crippen LogP contribution in [0.4, 0.5) is 0 Å². The maximum Gasteiger partial charge on any atom is 0.331 e. The second-order valence-electron chi connectivity index (χ2n) is 37.9. The Bertz CT molecular complexity index is 2840.